The molecule has 2 aromatic rings. The number of nitrogens with zero attached hydrogens (tertiary/aromatic N) is 1. The maximum Gasteiger partial charge on any atom is 0.137 e. The number of rotatable bonds is 6. The van der Waals surface area contributed by atoms with Gasteiger partial charge in [0.15, 0.2) is 0 Å². The Hall–Kier alpha value is -1.91. The van der Waals surface area contributed by atoms with Crippen LogP contribution in [-0.2, 0) is 6.42 Å². The molecule has 0 bridgehead atoms. The normalized spacial score (nSPS) is 12.1. The van der Waals surface area contributed by atoms with Crippen molar-refractivity contribution in [2.24, 2.45) is 5.73 Å². The molecule has 0 aliphatic rings. The lowest BCUT2D eigenvalue weighted by Crippen LogP contribution is -2.19. The number of para-hydroxylation sites is 1. The predicted molar refractivity (Wildman–Crippen MR) is 73.9 cm³/mol. The van der Waals surface area contributed by atoms with Gasteiger partial charge in [-0.3, -0.25) is 4.98 Å². The lowest BCUT2D eigenvalue weighted by molar-refractivity contribution is 0.209. The first-order chi connectivity index (χ1) is 9.35. The largest absolute Gasteiger partial charge is 0.484 e. The molecule has 3 N–H and O–H groups in total. The molecule has 2 rings (SSSR count). The third kappa shape index (κ3) is 3.53. The van der Waals surface area contributed by atoms with E-state index < -0.39 is 0 Å². The predicted octanol–water partition coefficient (Wildman–Crippen LogP) is 1.70. The second-order valence-corrected chi connectivity index (χ2v) is 4.21. The van der Waals surface area contributed by atoms with Crippen molar-refractivity contribution in [3.63, 3.8) is 0 Å². The zero-order chi connectivity index (χ0) is 13.5. The fourth-order valence-electron chi connectivity index (χ4n) is 1.92. The van der Waals surface area contributed by atoms with Gasteiger partial charge in [-0.05, 0) is 24.1 Å². The highest BCUT2D eigenvalue weighted by molar-refractivity contribution is 5.34. The number of pyridine rings is 1. The van der Waals surface area contributed by atoms with Gasteiger partial charge < -0.3 is 15.6 Å². The Kier molecular flexibility index (Phi) is 4.89. The molecule has 0 fully saturated rings. The number of aliphatic hydroxyl groups excluding tert-OH is 1. The molecule has 0 saturated heterocycles. The Morgan fingerprint density at radius 2 is 2.05 bits per heavy atom. The Labute approximate surface area is 112 Å². The summed E-state index contributed by atoms with van der Waals surface area (Å²) in [6, 6.07) is 11.5. The molecule has 4 heteroatoms. The van der Waals surface area contributed by atoms with E-state index in [0.717, 1.165) is 16.9 Å². The number of aliphatic hydroxyl groups is 1. The summed E-state index contributed by atoms with van der Waals surface area (Å²) >= 11 is 0. The van der Waals surface area contributed by atoms with Gasteiger partial charge >= 0.3 is 0 Å². The highest BCUT2D eigenvalue weighted by atomic mass is 16.5. The summed E-state index contributed by atoms with van der Waals surface area (Å²) in [6.07, 6.45) is 3.82. The summed E-state index contributed by atoms with van der Waals surface area (Å²) in [4.78, 5) is 4.08. The van der Waals surface area contributed by atoms with E-state index in [1.165, 1.54) is 0 Å². The zero-order valence-corrected chi connectivity index (χ0v) is 10.7. The van der Waals surface area contributed by atoms with E-state index in [1.807, 2.05) is 36.4 Å². The summed E-state index contributed by atoms with van der Waals surface area (Å²) in [5.41, 5.74) is 7.70. The van der Waals surface area contributed by atoms with Gasteiger partial charge in [0, 0.05) is 31.1 Å². The number of hydrogen-bond donors (Lipinski definition) is 2. The molecule has 4 nitrogen and oxygen atoms in total. The first kappa shape index (κ1) is 13.5. The number of aromatic nitrogens is 1. The average molecular weight is 258 g/mol. The van der Waals surface area contributed by atoms with Gasteiger partial charge in [-0.15, -0.1) is 0 Å². The smallest absolute Gasteiger partial charge is 0.137 e. The SMILES string of the molecule is NCC(Oc1ccccc1CCO)c1cccnc1. The molecule has 1 atom stereocenters. The van der Waals surface area contributed by atoms with Crippen LogP contribution in [0.3, 0.4) is 0 Å². The van der Waals surface area contributed by atoms with Crippen LogP contribution < -0.4 is 10.5 Å². The minimum atomic E-state index is -0.228. The second-order valence-electron chi connectivity index (χ2n) is 4.21. The van der Waals surface area contributed by atoms with Crippen molar-refractivity contribution >= 4 is 0 Å². The monoisotopic (exact) mass is 258 g/mol. The number of ether oxygens (including phenoxy) is 1. The molecule has 0 aliphatic carbocycles. The van der Waals surface area contributed by atoms with E-state index in [9.17, 15) is 0 Å². The highest BCUT2D eigenvalue weighted by Crippen LogP contribution is 2.24. The van der Waals surface area contributed by atoms with Crippen molar-refractivity contribution in [2.45, 2.75) is 12.5 Å². The van der Waals surface area contributed by atoms with Gasteiger partial charge in [-0.25, -0.2) is 0 Å². The number of nitrogens with two attached hydrogens (primary N) is 1. The van der Waals surface area contributed by atoms with Crippen LogP contribution in [0.4, 0.5) is 0 Å². The summed E-state index contributed by atoms with van der Waals surface area (Å²) in [6.45, 7) is 0.472. The minimum Gasteiger partial charge on any atom is -0.484 e. The van der Waals surface area contributed by atoms with Gasteiger partial charge in [0.25, 0.3) is 0 Å². The third-order valence-corrected chi connectivity index (χ3v) is 2.89. The average Bonchev–Trinajstić information content (AvgIpc) is 2.47. The van der Waals surface area contributed by atoms with E-state index in [4.69, 9.17) is 15.6 Å². The van der Waals surface area contributed by atoms with Crippen molar-refractivity contribution in [3.05, 3.63) is 59.9 Å². The van der Waals surface area contributed by atoms with Gasteiger partial charge in [0.05, 0.1) is 0 Å². The van der Waals surface area contributed by atoms with Crippen molar-refractivity contribution in [1.29, 1.82) is 0 Å². The van der Waals surface area contributed by atoms with Crippen LogP contribution in [0, 0.1) is 0 Å². The van der Waals surface area contributed by atoms with Crippen LogP contribution in [0.25, 0.3) is 0 Å². The Morgan fingerprint density at radius 3 is 2.74 bits per heavy atom. The lowest BCUT2D eigenvalue weighted by atomic mass is 10.1. The maximum atomic E-state index is 9.06. The van der Waals surface area contributed by atoms with Crippen LogP contribution >= 0.6 is 0 Å². The van der Waals surface area contributed by atoms with E-state index in [0.29, 0.717) is 13.0 Å². The van der Waals surface area contributed by atoms with E-state index in [2.05, 4.69) is 4.98 Å². The van der Waals surface area contributed by atoms with Crippen LogP contribution in [0.5, 0.6) is 5.75 Å². The van der Waals surface area contributed by atoms with Crippen LogP contribution in [0.1, 0.15) is 17.2 Å². The molecule has 0 saturated carbocycles. The van der Waals surface area contributed by atoms with Gasteiger partial charge in [0.1, 0.15) is 11.9 Å². The first-order valence-electron chi connectivity index (χ1n) is 6.30. The van der Waals surface area contributed by atoms with Gasteiger partial charge in [-0.2, -0.15) is 0 Å². The van der Waals surface area contributed by atoms with Crippen molar-refractivity contribution in [2.75, 3.05) is 13.2 Å². The minimum absolute atomic E-state index is 0.0978. The van der Waals surface area contributed by atoms with Crippen LogP contribution in [-0.4, -0.2) is 23.2 Å². The van der Waals surface area contributed by atoms with Crippen molar-refractivity contribution < 1.29 is 9.84 Å². The first-order valence-corrected chi connectivity index (χ1v) is 6.30. The molecule has 19 heavy (non-hydrogen) atoms. The molecule has 0 aliphatic heterocycles. The van der Waals surface area contributed by atoms with E-state index >= 15 is 0 Å². The molecule has 1 aromatic heterocycles. The molecule has 1 aromatic carbocycles. The molecule has 0 radical (unpaired) electrons. The molecule has 0 amide bonds. The molecular formula is C15H18N2O2. The van der Waals surface area contributed by atoms with Crippen LogP contribution in [0.2, 0.25) is 0 Å². The van der Waals surface area contributed by atoms with E-state index in [1.54, 1.807) is 12.4 Å². The summed E-state index contributed by atoms with van der Waals surface area (Å²) < 4.78 is 5.96. The molecule has 100 valence electrons. The molecule has 1 heterocycles. The lowest BCUT2D eigenvalue weighted by Gasteiger charge is -2.19. The number of benzene rings is 1. The Morgan fingerprint density at radius 1 is 1.21 bits per heavy atom. The Balaban J connectivity index is 2.19. The molecular weight excluding hydrogens is 240 g/mol. The van der Waals surface area contributed by atoms with Gasteiger partial charge in [0.2, 0.25) is 0 Å². The molecule has 1 unspecified atom stereocenters. The fourth-order valence-corrected chi connectivity index (χ4v) is 1.92. The topological polar surface area (TPSA) is 68.4 Å². The fraction of sp³-hybridized carbons (Fsp3) is 0.267. The third-order valence-electron chi connectivity index (χ3n) is 2.89. The number of hydrogen-bond acceptors (Lipinski definition) is 4. The zero-order valence-electron chi connectivity index (χ0n) is 10.7. The summed E-state index contributed by atoms with van der Waals surface area (Å²) in [5, 5.41) is 9.06. The maximum absolute atomic E-state index is 9.06. The quantitative estimate of drug-likeness (QED) is 0.827. The van der Waals surface area contributed by atoms with Crippen molar-refractivity contribution in [3.8, 4) is 5.75 Å². The second kappa shape index (κ2) is 6.87. The standard InChI is InChI=1S/C15H18N2O2/c16-10-15(13-5-3-8-17-11-13)19-14-6-2-1-4-12(14)7-9-18/h1-6,8,11,15,18H,7,9-10,16H2. The highest BCUT2D eigenvalue weighted by Gasteiger charge is 2.13. The Bertz CT molecular complexity index is 503. The van der Waals surface area contributed by atoms with Gasteiger partial charge in [-0.1, -0.05) is 24.3 Å². The van der Waals surface area contributed by atoms with Crippen LogP contribution in [0.15, 0.2) is 48.8 Å². The molecule has 0 spiro atoms. The summed E-state index contributed by atoms with van der Waals surface area (Å²) in [7, 11) is 0. The van der Waals surface area contributed by atoms with Crippen molar-refractivity contribution in [1.82, 2.24) is 4.98 Å². The van der Waals surface area contributed by atoms with E-state index in [-0.39, 0.29) is 12.7 Å². The summed E-state index contributed by atoms with van der Waals surface area (Å²) in [5.74, 6) is 0.760.